The lowest BCUT2D eigenvalue weighted by Crippen LogP contribution is -2.14. The molecule has 2 heterocycles. The molecule has 0 unspecified atom stereocenters. The summed E-state index contributed by atoms with van der Waals surface area (Å²) in [7, 11) is -3.92. The molecule has 2 N–H and O–H groups in total. The second-order valence-electron chi connectivity index (χ2n) is 7.52. The normalized spacial score (nSPS) is 11.2. The fourth-order valence-electron chi connectivity index (χ4n) is 3.45. The van der Waals surface area contributed by atoms with Crippen molar-refractivity contribution in [1.82, 2.24) is 25.8 Å². The number of nitrogens with zero attached hydrogens (tertiary/aromatic N) is 5. The Labute approximate surface area is 203 Å². The molecule has 0 radical (unpaired) electrons. The van der Waals surface area contributed by atoms with Crippen LogP contribution in [0.5, 0.6) is 5.75 Å². The number of H-pyrrole nitrogens is 1. The van der Waals surface area contributed by atoms with Gasteiger partial charge >= 0.3 is 10.1 Å². The Balaban J connectivity index is 1.38. The summed E-state index contributed by atoms with van der Waals surface area (Å²) in [6, 6.07) is 19.5. The van der Waals surface area contributed by atoms with Gasteiger partial charge in [-0.1, -0.05) is 35.5 Å². The van der Waals surface area contributed by atoms with Gasteiger partial charge in [0, 0.05) is 11.6 Å². The zero-order valence-corrected chi connectivity index (χ0v) is 19.1. The first-order valence-corrected chi connectivity index (χ1v) is 11.9. The van der Waals surface area contributed by atoms with E-state index in [1.54, 1.807) is 30.3 Å². The molecule has 2 aromatic heterocycles. The lowest BCUT2D eigenvalue weighted by atomic mass is 10.1. The fraction of sp³-hybridized carbons (Fsp3) is 0.0435. The van der Waals surface area contributed by atoms with Gasteiger partial charge in [0.15, 0.2) is 11.3 Å². The molecule has 12 nitrogen and oxygen atoms in total. The van der Waals surface area contributed by atoms with Crippen molar-refractivity contribution in [1.29, 1.82) is 5.26 Å². The van der Waals surface area contributed by atoms with Crippen LogP contribution in [0.1, 0.15) is 21.6 Å². The van der Waals surface area contributed by atoms with E-state index >= 15 is 0 Å². The van der Waals surface area contributed by atoms with Gasteiger partial charge in [-0.2, -0.15) is 18.9 Å². The monoisotopic (exact) mass is 501 g/mol. The molecule has 0 bridgehead atoms. The van der Waals surface area contributed by atoms with Gasteiger partial charge in [-0.05, 0) is 41.1 Å². The van der Waals surface area contributed by atoms with Crippen LogP contribution in [0.15, 0.2) is 71.3 Å². The molecule has 0 saturated heterocycles. The average molecular weight is 501 g/mol. The highest BCUT2D eigenvalue weighted by Gasteiger charge is 2.21. The molecule has 178 valence electrons. The van der Waals surface area contributed by atoms with Crippen molar-refractivity contribution in [2.45, 2.75) is 5.75 Å². The second kappa shape index (κ2) is 9.28. The Morgan fingerprint density at radius 3 is 2.69 bits per heavy atom. The molecule has 13 heteroatoms. The largest absolute Gasteiger partial charge is 0.382 e. The van der Waals surface area contributed by atoms with Crippen molar-refractivity contribution < 1.29 is 21.9 Å². The van der Waals surface area contributed by atoms with Crippen molar-refractivity contribution in [2.24, 2.45) is 0 Å². The highest BCUT2D eigenvalue weighted by Crippen LogP contribution is 2.29. The molecular weight excluding hydrogens is 486 g/mol. The molecule has 0 spiro atoms. The Morgan fingerprint density at radius 2 is 1.94 bits per heavy atom. The minimum Gasteiger partial charge on any atom is -0.382 e. The van der Waals surface area contributed by atoms with Gasteiger partial charge in [0.05, 0.1) is 22.7 Å². The number of hydrogen-bond acceptors (Lipinski definition) is 10. The zero-order chi connectivity index (χ0) is 25.1. The van der Waals surface area contributed by atoms with E-state index in [1.807, 2.05) is 6.07 Å². The molecule has 0 aliphatic carbocycles. The van der Waals surface area contributed by atoms with Crippen LogP contribution < -0.4 is 9.50 Å². The summed E-state index contributed by atoms with van der Waals surface area (Å²) in [5.41, 5.74) is 1.75. The molecule has 5 aromatic rings. The summed E-state index contributed by atoms with van der Waals surface area (Å²) in [6.07, 6.45) is 0. The number of aromatic nitrogens is 5. The van der Waals surface area contributed by atoms with Gasteiger partial charge < -0.3 is 14.0 Å². The van der Waals surface area contributed by atoms with Crippen LogP contribution in [0, 0.1) is 11.3 Å². The van der Waals surface area contributed by atoms with E-state index in [0.717, 1.165) is 0 Å². The molecule has 0 aliphatic heterocycles. The fourth-order valence-corrected chi connectivity index (χ4v) is 4.51. The Bertz CT molecular complexity index is 1710. The first kappa shape index (κ1) is 22.7. The van der Waals surface area contributed by atoms with Gasteiger partial charge in [0.1, 0.15) is 11.5 Å². The molecule has 36 heavy (non-hydrogen) atoms. The zero-order valence-electron chi connectivity index (χ0n) is 18.2. The van der Waals surface area contributed by atoms with Crippen LogP contribution in [0.2, 0.25) is 0 Å². The summed E-state index contributed by atoms with van der Waals surface area (Å²) >= 11 is 0. The summed E-state index contributed by atoms with van der Waals surface area (Å²) in [5, 5.41) is 29.7. The molecule has 0 fully saturated rings. The van der Waals surface area contributed by atoms with E-state index < -0.39 is 16.0 Å². The van der Waals surface area contributed by atoms with E-state index in [-0.39, 0.29) is 28.6 Å². The van der Waals surface area contributed by atoms with Crippen molar-refractivity contribution in [3.8, 4) is 23.2 Å². The third-order valence-corrected chi connectivity index (χ3v) is 6.18. The number of nitriles is 1. The summed E-state index contributed by atoms with van der Waals surface area (Å²) in [5.74, 6) is -0.698. The van der Waals surface area contributed by atoms with Crippen molar-refractivity contribution in [3.63, 3.8) is 0 Å². The quantitative estimate of drug-likeness (QED) is 0.315. The van der Waals surface area contributed by atoms with Gasteiger partial charge in [-0.3, -0.25) is 4.79 Å². The highest BCUT2D eigenvalue weighted by molar-refractivity contribution is 7.86. The van der Waals surface area contributed by atoms with E-state index in [1.165, 1.54) is 36.4 Å². The Morgan fingerprint density at radius 1 is 1.11 bits per heavy atom. The van der Waals surface area contributed by atoms with E-state index in [4.69, 9.17) is 8.71 Å². The first-order valence-electron chi connectivity index (χ1n) is 10.4. The van der Waals surface area contributed by atoms with Gasteiger partial charge in [0.2, 0.25) is 5.82 Å². The number of carbonyl (C=O) groups excluding carboxylic acids is 1. The number of tetrazole rings is 1. The van der Waals surface area contributed by atoms with E-state index in [0.29, 0.717) is 27.8 Å². The SMILES string of the molecule is N#Cc1ccc(NC(=O)c2noc3cc(OS(=O)(=O)Cc4ccccc4)ccc23)c(-c2nn[nH]n2)c1. The molecule has 3 aromatic carbocycles. The molecule has 0 atom stereocenters. The van der Waals surface area contributed by atoms with Crippen LogP contribution in [0.25, 0.3) is 22.4 Å². The standard InChI is InChI=1S/C23H15N7O5S/c24-12-15-6-9-19(18(10-15)22-26-29-30-27-22)25-23(31)21-17-8-7-16(11-20(17)34-28-21)35-36(32,33)13-14-4-2-1-3-5-14/h1-11H,13H2,(H,25,31)(H,26,27,29,30). The third-order valence-electron chi connectivity index (χ3n) is 5.05. The summed E-state index contributed by atoms with van der Waals surface area (Å²) in [4.78, 5) is 13.0. The minimum atomic E-state index is -3.92. The van der Waals surface area contributed by atoms with Crippen LogP contribution in [0.4, 0.5) is 5.69 Å². The first-order chi connectivity index (χ1) is 17.4. The lowest BCUT2D eigenvalue weighted by Gasteiger charge is -2.08. The average Bonchev–Trinajstić information content (AvgIpc) is 3.54. The molecular formula is C23H15N7O5S. The maximum absolute atomic E-state index is 13.0. The van der Waals surface area contributed by atoms with Gasteiger partial charge in [0.25, 0.3) is 5.91 Å². The summed E-state index contributed by atoms with van der Waals surface area (Å²) < 4.78 is 35.3. The molecule has 0 aliphatic rings. The smallest absolute Gasteiger partial charge is 0.313 e. The molecule has 1 amide bonds. The number of hydrogen-bond donors (Lipinski definition) is 2. The number of anilines is 1. The highest BCUT2D eigenvalue weighted by atomic mass is 32.2. The Hall–Kier alpha value is -5.09. The topological polar surface area (TPSA) is 177 Å². The van der Waals surface area contributed by atoms with Crippen LogP contribution in [-0.4, -0.2) is 40.1 Å². The predicted molar refractivity (Wildman–Crippen MR) is 126 cm³/mol. The number of fused-ring (bicyclic) bond motifs is 1. The number of amides is 1. The number of benzene rings is 3. The molecule has 0 saturated carbocycles. The number of nitrogens with one attached hydrogen (secondary N) is 2. The number of aromatic amines is 1. The number of rotatable bonds is 7. The maximum Gasteiger partial charge on any atom is 0.313 e. The lowest BCUT2D eigenvalue weighted by molar-refractivity contribution is 0.102. The van der Waals surface area contributed by atoms with Crippen LogP contribution >= 0.6 is 0 Å². The Kier molecular flexibility index (Phi) is 5.85. The molecule has 5 rings (SSSR count). The number of carbonyl (C=O) groups is 1. The van der Waals surface area contributed by atoms with E-state index in [2.05, 4.69) is 31.1 Å². The van der Waals surface area contributed by atoms with Gasteiger partial charge in [-0.15, -0.1) is 10.2 Å². The van der Waals surface area contributed by atoms with Crippen LogP contribution in [0.3, 0.4) is 0 Å². The van der Waals surface area contributed by atoms with Crippen molar-refractivity contribution >= 4 is 32.7 Å². The predicted octanol–water partition coefficient (Wildman–Crippen LogP) is 3.04. The van der Waals surface area contributed by atoms with Crippen molar-refractivity contribution in [2.75, 3.05) is 5.32 Å². The maximum atomic E-state index is 13.0. The minimum absolute atomic E-state index is 0.0213. The van der Waals surface area contributed by atoms with E-state index in [9.17, 15) is 18.5 Å². The summed E-state index contributed by atoms with van der Waals surface area (Å²) in [6.45, 7) is 0. The third kappa shape index (κ3) is 4.74. The van der Waals surface area contributed by atoms with Gasteiger partial charge in [-0.25, -0.2) is 0 Å². The van der Waals surface area contributed by atoms with Crippen molar-refractivity contribution in [3.05, 3.63) is 83.6 Å². The van der Waals surface area contributed by atoms with Crippen LogP contribution in [-0.2, 0) is 15.9 Å². The second-order valence-corrected chi connectivity index (χ2v) is 9.09.